The van der Waals surface area contributed by atoms with Gasteiger partial charge >= 0.3 is 0 Å². The van der Waals surface area contributed by atoms with Crippen LogP contribution >= 0.6 is 0 Å². The second-order valence-corrected chi connectivity index (χ2v) is 7.29. The van der Waals surface area contributed by atoms with Crippen molar-refractivity contribution in [1.82, 2.24) is 0 Å². The van der Waals surface area contributed by atoms with E-state index in [0.717, 1.165) is 21.9 Å². The molecule has 5 rings (SSSR count). The van der Waals surface area contributed by atoms with E-state index in [9.17, 15) is 4.79 Å². The summed E-state index contributed by atoms with van der Waals surface area (Å²) in [5.41, 5.74) is 3.08. The quantitative estimate of drug-likeness (QED) is 0.232. The van der Waals surface area contributed by atoms with Crippen molar-refractivity contribution in [2.45, 2.75) is 13.5 Å². The maximum absolute atomic E-state index is 13.1. The number of hydrogen-bond donors (Lipinski definition) is 0. The van der Waals surface area contributed by atoms with Gasteiger partial charge in [-0.25, -0.2) is 0 Å². The molecule has 134 valence electrons. The summed E-state index contributed by atoms with van der Waals surface area (Å²) in [5, 5.41) is 5.88. The van der Waals surface area contributed by atoms with Gasteiger partial charge in [-0.05, 0) is 52.2 Å². The van der Waals surface area contributed by atoms with Gasteiger partial charge in [-0.1, -0.05) is 54.6 Å². The molecule has 0 amide bonds. The van der Waals surface area contributed by atoms with Gasteiger partial charge in [0.25, 0.3) is 0 Å². The zero-order chi connectivity index (χ0) is 19.1. The van der Waals surface area contributed by atoms with E-state index in [4.69, 9.17) is 0 Å². The lowest BCUT2D eigenvalue weighted by molar-refractivity contribution is -0.657. The number of carbonyl (C=O) groups is 1. The van der Waals surface area contributed by atoms with Crippen LogP contribution in [0.4, 0.5) is 0 Å². The first-order valence-corrected chi connectivity index (χ1v) is 9.53. The lowest BCUT2D eigenvalue weighted by Crippen LogP contribution is -2.38. The Morgan fingerprint density at radius 2 is 1.50 bits per heavy atom. The number of ketones is 1. The molecule has 28 heavy (non-hydrogen) atoms. The van der Waals surface area contributed by atoms with Gasteiger partial charge in [0.15, 0.2) is 6.20 Å². The molecule has 0 fully saturated rings. The van der Waals surface area contributed by atoms with Crippen LogP contribution in [0.25, 0.3) is 32.4 Å². The van der Waals surface area contributed by atoms with Crippen LogP contribution < -0.4 is 4.57 Å². The Kier molecular flexibility index (Phi) is 3.91. The predicted octanol–water partition coefficient (Wildman–Crippen LogP) is 5.63. The molecule has 0 saturated heterocycles. The minimum absolute atomic E-state index is 0.118. The molecule has 1 heterocycles. The van der Waals surface area contributed by atoms with Crippen molar-refractivity contribution in [3.63, 3.8) is 0 Å². The van der Waals surface area contributed by atoms with E-state index in [1.165, 1.54) is 21.7 Å². The molecule has 0 N–H and O–H groups in total. The number of carbonyl (C=O) groups excluding carboxylic acids is 1. The standard InChI is InChI=1S/C26H20NO/c1-18-15-20-12-13-21(16-24(20)23-10-4-3-9-22(18)23)26(28)17-27-14-6-8-19-7-2-5-11-25(19)27/h2-16H,17H2,1H3/q+1. The van der Waals surface area contributed by atoms with Gasteiger partial charge in [-0.2, -0.15) is 4.57 Å². The second kappa shape index (κ2) is 6.58. The van der Waals surface area contributed by atoms with E-state index in [2.05, 4.69) is 61.5 Å². The van der Waals surface area contributed by atoms with Gasteiger partial charge < -0.3 is 0 Å². The summed E-state index contributed by atoms with van der Waals surface area (Å²) in [6.07, 6.45) is 1.97. The van der Waals surface area contributed by atoms with E-state index >= 15 is 0 Å². The fourth-order valence-electron chi connectivity index (χ4n) is 4.07. The summed E-state index contributed by atoms with van der Waals surface area (Å²) in [7, 11) is 0. The Balaban J connectivity index is 1.60. The third-order valence-electron chi connectivity index (χ3n) is 5.49. The Hall–Kier alpha value is -3.52. The van der Waals surface area contributed by atoms with Gasteiger partial charge in [0.05, 0.1) is 0 Å². The van der Waals surface area contributed by atoms with Crippen molar-refractivity contribution in [2.75, 3.05) is 0 Å². The van der Waals surface area contributed by atoms with Gasteiger partial charge in [0.2, 0.25) is 17.8 Å². The van der Waals surface area contributed by atoms with Gasteiger partial charge in [-0.3, -0.25) is 4.79 Å². The van der Waals surface area contributed by atoms with Crippen LogP contribution in [-0.4, -0.2) is 5.78 Å². The van der Waals surface area contributed by atoms with Crippen molar-refractivity contribution in [2.24, 2.45) is 0 Å². The SMILES string of the molecule is Cc1cc2ccc(C(=O)C[n+]3cccc4ccccc43)cc2c2ccccc12. The molecule has 2 nitrogen and oxygen atoms in total. The number of fused-ring (bicyclic) bond motifs is 4. The first-order valence-electron chi connectivity index (χ1n) is 9.53. The highest BCUT2D eigenvalue weighted by molar-refractivity contribution is 6.11. The molecule has 0 bridgehead atoms. The van der Waals surface area contributed by atoms with Gasteiger partial charge in [-0.15, -0.1) is 0 Å². The maximum atomic E-state index is 13.1. The van der Waals surface area contributed by atoms with Crippen LogP contribution in [0.5, 0.6) is 0 Å². The lowest BCUT2D eigenvalue weighted by atomic mass is 9.95. The molecule has 0 aliphatic carbocycles. The number of nitrogens with zero attached hydrogens (tertiary/aromatic N) is 1. The first kappa shape index (κ1) is 16.6. The highest BCUT2D eigenvalue weighted by Crippen LogP contribution is 2.29. The van der Waals surface area contributed by atoms with Crippen LogP contribution in [0.15, 0.2) is 91.1 Å². The third-order valence-corrected chi connectivity index (χ3v) is 5.49. The summed E-state index contributed by atoms with van der Waals surface area (Å²) in [4.78, 5) is 13.1. The van der Waals surface area contributed by atoms with Gasteiger partial charge in [0, 0.05) is 23.1 Å². The lowest BCUT2D eigenvalue weighted by Gasteiger charge is -2.09. The number of Topliss-reactive ketones (excluding diaryl/α,β-unsaturated/α-hetero) is 1. The topological polar surface area (TPSA) is 20.9 Å². The first-order chi connectivity index (χ1) is 13.7. The fourth-order valence-corrected chi connectivity index (χ4v) is 4.07. The fraction of sp³-hybridized carbons (Fsp3) is 0.0769. The third kappa shape index (κ3) is 2.74. The molecule has 0 aliphatic rings. The molecule has 0 saturated carbocycles. The monoisotopic (exact) mass is 362 g/mol. The van der Waals surface area contributed by atoms with Crippen molar-refractivity contribution < 1.29 is 9.36 Å². The molecular formula is C26H20NO+. The van der Waals surface area contributed by atoms with Crippen molar-refractivity contribution in [3.8, 4) is 0 Å². The van der Waals surface area contributed by atoms with Crippen molar-refractivity contribution in [1.29, 1.82) is 0 Å². The summed E-state index contributed by atoms with van der Waals surface area (Å²) in [5.74, 6) is 0.118. The average Bonchev–Trinajstić information content (AvgIpc) is 2.74. The number of hydrogen-bond acceptors (Lipinski definition) is 1. The summed E-state index contributed by atoms with van der Waals surface area (Å²) in [6.45, 7) is 2.47. The Morgan fingerprint density at radius 1 is 0.750 bits per heavy atom. The molecular weight excluding hydrogens is 342 g/mol. The summed E-state index contributed by atoms with van der Waals surface area (Å²) >= 11 is 0. The van der Waals surface area contributed by atoms with Crippen LogP contribution in [0.2, 0.25) is 0 Å². The maximum Gasteiger partial charge on any atom is 0.227 e. The zero-order valence-electron chi connectivity index (χ0n) is 15.7. The molecule has 0 radical (unpaired) electrons. The molecule has 0 atom stereocenters. The highest BCUT2D eigenvalue weighted by atomic mass is 16.1. The van der Waals surface area contributed by atoms with Crippen LogP contribution in [0.1, 0.15) is 15.9 Å². The molecule has 5 aromatic rings. The predicted molar refractivity (Wildman–Crippen MR) is 115 cm³/mol. The van der Waals surface area contributed by atoms with Crippen LogP contribution in [0.3, 0.4) is 0 Å². The van der Waals surface area contributed by atoms with Crippen molar-refractivity contribution >= 4 is 38.2 Å². The molecule has 0 spiro atoms. The smallest absolute Gasteiger partial charge is 0.227 e. The Bertz CT molecular complexity index is 1360. The normalized spacial score (nSPS) is 11.3. The van der Waals surface area contributed by atoms with Gasteiger partial charge in [0.1, 0.15) is 0 Å². The molecule has 4 aromatic carbocycles. The number of rotatable bonds is 3. The number of pyridine rings is 1. The minimum Gasteiger partial charge on any atom is -0.287 e. The number of para-hydroxylation sites is 1. The van der Waals surface area contributed by atoms with E-state index < -0.39 is 0 Å². The number of aromatic nitrogens is 1. The summed E-state index contributed by atoms with van der Waals surface area (Å²) < 4.78 is 2.02. The minimum atomic E-state index is 0.118. The molecule has 0 aliphatic heterocycles. The van der Waals surface area contributed by atoms with Crippen molar-refractivity contribution in [3.05, 3.63) is 102 Å². The second-order valence-electron chi connectivity index (χ2n) is 7.29. The molecule has 1 aromatic heterocycles. The highest BCUT2D eigenvalue weighted by Gasteiger charge is 2.16. The van der Waals surface area contributed by atoms with Crippen LogP contribution in [-0.2, 0) is 6.54 Å². The van der Waals surface area contributed by atoms with E-state index in [1.54, 1.807) is 0 Å². The number of aryl methyl sites for hydroxylation is 1. The van der Waals surface area contributed by atoms with Crippen LogP contribution in [0, 0.1) is 6.92 Å². The Morgan fingerprint density at radius 3 is 2.39 bits per heavy atom. The van der Waals surface area contributed by atoms with E-state index in [1.807, 2.05) is 41.1 Å². The van der Waals surface area contributed by atoms with E-state index in [-0.39, 0.29) is 5.78 Å². The Labute approximate surface area is 163 Å². The van der Waals surface area contributed by atoms with E-state index in [0.29, 0.717) is 6.54 Å². The summed E-state index contributed by atoms with van der Waals surface area (Å²) in [6, 6.07) is 28.9. The zero-order valence-corrected chi connectivity index (χ0v) is 15.7. The largest absolute Gasteiger partial charge is 0.287 e. The number of benzene rings is 4. The molecule has 2 heteroatoms. The molecule has 0 unspecified atom stereocenters. The average molecular weight is 362 g/mol.